The fourth-order valence-corrected chi connectivity index (χ4v) is 3.47. The van der Waals surface area contributed by atoms with Crippen LogP contribution in [0.1, 0.15) is 12.5 Å². The zero-order valence-corrected chi connectivity index (χ0v) is 18.1. The van der Waals surface area contributed by atoms with Gasteiger partial charge in [-0.15, -0.1) is 0 Å². The number of nitrogens with zero attached hydrogens (tertiary/aromatic N) is 1. The topological polar surface area (TPSA) is 84.9 Å². The first-order chi connectivity index (χ1) is 14.3. The number of benzene rings is 2. The predicted molar refractivity (Wildman–Crippen MR) is 115 cm³/mol. The molecule has 1 saturated heterocycles. The first kappa shape index (κ1) is 22.0. The molecular formula is C20H15Cl3N2O5. The number of imide groups is 2. The summed E-state index contributed by atoms with van der Waals surface area (Å²) in [4.78, 5) is 38.4. The molecule has 3 rings (SSSR count). The number of ether oxygens (including phenoxy) is 2. The molecule has 10 heteroatoms. The van der Waals surface area contributed by atoms with Crippen LogP contribution in [0.15, 0.2) is 35.9 Å². The van der Waals surface area contributed by atoms with Gasteiger partial charge in [-0.1, -0.05) is 40.9 Å². The quantitative estimate of drug-likeness (QED) is 0.506. The molecule has 0 saturated carbocycles. The SMILES string of the molecule is CCOc1c(Cl)cc(C=C2C(=O)NC(=O)N(c3cccc(Cl)c3Cl)C2=O)cc1OC. The first-order valence-electron chi connectivity index (χ1n) is 8.64. The molecule has 1 N–H and O–H groups in total. The van der Waals surface area contributed by atoms with E-state index >= 15 is 0 Å². The lowest BCUT2D eigenvalue weighted by molar-refractivity contribution is -0.122. The number of urea groups is 1. The van der Waals surface area contributed by atoms with Crippen LogP contribution in [0.4, 0.5) is 10.5 Å². The van der Waals surface area contributed by atoms with Gasteiger partial charge in [-0.2, -0.15) is 0 Å². The summed E-state index contributed by atoms with van der Waals surface area (Å²) in [5.41, 5.74) is 0.144. The maximum absolute atomic E-state index is 13.0. The number of nitrogens with one attached hydrogen (secondary N) is 1. The number of hydrogen-bond donors (Lipinski definition) is 1. The highest BCUT2D eigenvalue weighted by atomic mass is 35.5. The molecule has 4 amide bonds. The number of methoxy groups -OCH3 is 1. The summed E-state index contributed by atoms with van der Waals surface area (Å²) in [7, 11) is 1.44. The molecule has 1 heterocycles. The minimum Gasteiger partial charge on any atom is -0.493 e. The van der Waals surface area contributed by atoms with Crippen LogP contribution in [0.2, 0.25) is 15.1 Å². The Labute approximate surface area is 187 Å². The van der Waals surface area contributed by atoms with Gasteiger partial charge in [0.05, 0.1) is 34.5 Å². The second kappa shape index (κ2) is 8.95. The molecule has 1 aliphatic heterocycles. The minimum atomic E-state index is -0.936. The van der Waals surface area contributed by atoms with E-state index in [9.17, 15) is 14.4 Å². The summed E-state index contributed by atoms with van der Waals surface area (Å²) in [6.45, 7) is 2.16. The fraction of sp³-hybridized carbons (Fsp3) is 0.150. The molecule has 7 nitrogen and oxygen atoms in total. The summed E-state index contributed by atoms with van der Waals surface area (Å²) in [5, 5.41) is 2.51. The molecule has 0 atom stereocenters. The molecule has 0 radical (unpaired) electrons. The lowest BCUT2D eigenvalue weighted by atomic mass is 10.1. The van der Waals surface area contributed by atoms with E-state index in [0.717, 1.165) is 4.90 Å². The Morgan fingerprint density at radius 1 is 1.10 bits per heavy atom. The third-order valence-corrected chi connectivity index (χ3v) is 5.21. The van der Waals surface area contributed by atoms with Gasteiger partial charge in [0.25, 0.3) is 11.8 Å². The molecule has 1 fully saturated rings. The van der Waals surface area contributed by atoms with Gasteiger partial charge < -0.3 is 9.47 Å². The lowest BCUT2D eigenvalue weighted by Crippen LogP contribution is -2.54. The second-order valence-corrected chi connectivity index (χ2v) is 7.19. The third-order valence-electron chi connectivity index (χ3n) is 4.13. The number of hydrogen-bond acceptors (Lipinski definition) is 5. The largest absolute Gasteiger partial charge is 0.493 e. The van der Waals surface area contributed by atoms with Gasteiger partial charge >= 0.3 is 6.03 Å². The highest BCUT2D eigenvalue weighted by molar-refractivity contribution is 6.46. The molecule has 0 bridgehead atoms. The molecule has 0 spiro atoms. The summed E-state index contributed by atoms with van der Waals surface area (Å²) in [6.07, 6.45) is 1.29. The normalized spacial score (nSPS) is 15.4. The average Bonchev–Trinajstić information content (AvgIpc) is 2.70. The van der Waals surface area contributed by atoms with E-state index in [-0.39, 0.29) is 26.3 Å². The van der Waals surface area contributed by atoms with Crippen molar-refractivity contribution in [3.8, 4) is 11.5 Å². The lowest BCUT2D eigenvalue weighted by Gasteiger charge is -2.27. The Balaban J connectivity index is 2.07. The van der Waals surface area contributed by atoms with Gasteiger partial charge in [0.2, 0.25) is 0 Å². The molecule has 0 aromatic heterocycles. The van der Waals surface area contributed by atoms with Crippen molar-refractivity contribution in [1.29, 1.82) is 0 Å². The van der Waals surface area contributed by atoms with Crippen LogP contribution in [-0.2, 0) is 9.59 Å². The molecule has 0 aliphatic carbocycles. The molecular weight excluding hydrogens is 455 g/mol. The van der Waals surface area contributed by atoms with Crippen molar-refractivity contribution in [3.05, 3.63) is 56.5 Å². The van der Waals surface area contributed by atoms with Crippen molar-refractivity contribution in [2.75, 3.05) is 18.6 Å². The van der Waals surface area contributed by atoms with E-state index in [0.29, 0.717) is 23.7 Å². The number of barbiturate groups is 1. The van der Waals surface area contributed by atoms with E-state index in [1.54, 1.807) is 13.0 Å². The Morgan fingerprint density at radius 3 is 2.50 bits per heavy atom. The average molecular weight is 470 g/mol. The Morgan fingerprint density at radius 2 is 1.83 bits per heavy atom. The van der Waals surface area contributed by atoms with Gasteiger partial charge in [0, 0.05) is 0 Å². The van der Waals surface area contributed by atoms with Crippen LogP contribution >= 0.6 is 34.8 Å². The zero-order valence-electron chi connectivity index (χ0n) is 15.8. The van der Waals surface area contributed by atoms with Crippen LogP contribution in [0, 0.1) is 0 Å². The van der Waals surface area contributed by atoms with Crippen molar-refractivity contribution in [2.24, 2.45) is 0 Å². The van der Waals surface area contributed by atoms with E-state index in [1.165, 1.54) is 37.5 Å². The highest BCUT2D eigenvalue weighted by Crippen LogP contribution is 2.38. The van der Waals surface area contributed by atoms with Crippen LogP contribution in [0.5, 0.6) is 11.5 Å². The zero-order chi connectivity index (χ0) is 22.0. The monoisotopic (exact) mass is 468 g/mol. The predicted octanol–water partition coefficient (Wildman–Crippen LogP) is 4.72. The summed E-state index contributed by atoms with van der Waals surface area (Å²) in [5.74, 6) is -1.06. The second-order valence-electron chi connectivity index (χ2n) is 6.00. The van der Waals surface area contributed by atoms with Crippen molar-refractivity contribution >= 4 is 64.4 Å². The summed E-state index contributed by atoms with van der Waals surface area (Å²) < 4.78 is 10.7. The molecule has 2 aromatic carbocycles. The van der Waals surface area contributed by atoms with Crippen LogP contribution in [0.25, 0.3) is 6.08 Å². The molecule has 30 heavy (non-hydrogen) atoms. The molecule has 156 valence electrons. The highest BCUT2D eigenvalue weighted by Gasteiger charge is 2.38. The van der Waals surface area contributed by atoms with E-state index in [1.807, 2.05) is 0 Å². The standard InChI is InChI=1S/C20H15Cl3N2O5/c1-3-30-17-13(22)8-10(9-15(17)29-2)7-11-18(26)24-20(28)25(19(11)27)14-6-4-5-12(21)16(14)23/h4-9H,3H2,1-2H3,(H,24,26,28). The Hall–Kier alpha value is -2.74. The van der Waals surface area contributed by atoms with Gasteiger partial charge in [-0.25, -0.2) is 9.69 Å². The number of anilines is 1. The van der Waals surface area contributed by atoms with Gasteiger partial charge in [0.15, 0.2) is 11.5 Å². The number of carbonyl (C=O) groups excluding carboxylic acids is 3. The van der Waals surface area contributed by atoms with Crippen LogP contribution < -0.4 is 19.7 Å². The van der Waals surface area contributed by atoms with Crippen LogP contribution in [0.3, 0.4) is 0 Å². The Bertz CT molecular complexity index is 1080. The summed E-state index contributed by atoms with van der Waals surface area (Å²) in [6, 6.07) is 6.61. The van der Waals surface area contributed by atoms with E-state index in [2.05, 4.69) is 5.32 Å². The van der Waals surface area contributed by atoms with Crippen molar-refractivity contribution in [1.82, 2.24) is 5.32 Å². The molecule has 1 aliphatic rings. The Kier molecular flexibility index (Phi) is 6.55. The smallest absolute Gasteiger partial charge is 0.336 e. The van der Waals surface area contributed by atoms with E-state index in [4.69, 9.17) is 44.3 Å². The van der Waals surface area contributed by atoms with Crippen molar-refractivity contribution < 1.29 is 23.9 Å². The first-order valence-corrected chi connectivity index (χ1v) is 9.77. The van der Waals surface area contributed by atoms with Gasteiger partial charge in [-0.05, 0) is 42.8 Å². The molecule has 2 aromatic rings. The van der Waals surface area contributed by atoms with E-state index < -0.39 is 17.8 Å². The fourth-order valence-electron chi connectivity index (χ4n) is 2.82. The number of amides is 4. The number of halogens is 3. The van der Waals surface area contributed by atoms with Gasteiger partial charge in [0.1, 0.15) is 5.57 Å². The third kappa shape index (κ3) is 4.09. The van der Waals surface area contributed by atoms with Crippen LogP contribution in [-0.4, -0.2) is 31.6 Å². The van der Waals surface area contributed by atoms with Gasteiger partial charge in [-0.3, -0.25) is 14.9 Å². The van der Waals surface area contributed by atoms with Crippen molar-refractivity contribution in [3.63, 3.8) is 0 Å². The number of carbonyl (C=O) groups is 3. The van der Waals surface area contributed by atoms with Crippen molar-refractivity contribution in [2.45, 2.75) is 6.92 Å². The summed E-state index contributed by atoms with van der Waals surface area (Å²) >= 11 is 18.4. The maximum Gasteiger partial charge on any atom is 0.336 e. The minimum absolute atomic E-state index is 0.00199. The maximum atomic E-state index is 13.0. The number of rotatable bonds is 5. The molecule has 0 unspecified atom stereocenters.